The fourth-order valence-corrected chi connectivity index (χ4v) is 1.53. The van der Waals surface area contributed by atoms with E-state index in [1.807, 2.05) is 26.1 Å². The van der Waals surface area contributed by atoms with Crippen LogP contribution in [0.5, 0.6) is 0 Å². The van der Waals surface area contributed by atoms with Gasteiger partial charge in [0.2, 0.25) is 5.89 Å². The van der Waals surface area contributed by atoms with Gasteiger partial charge in [0.25, 0.3) is 0 Å². The lowest BCUT2D eigenvalue weighted by molar-refractivity contribution is 0.474. The molecule has 2 aromatic heterocycles. The molecule has 6 nitrogen and oxygen atoms in total. The highest BCUT2D eigenvalue weighted by Crippen LogP contribution is 2.10. The fourth-order valence-electron chi connectivity index (χ4n) is 1.53. The Morgan fingerprint density at radius 1 is 1.41 bits per heavy atom. The van der Waals surface area contributed by atoms with Crippen molar-refractivity contribution in [2.45, 2.75) is 25.9 Å². The monoisotopic (exact) mass is 236 g/mol. The number of furan rings is 1. The molecule has 1 atom stereocenters. The standard InChI is InChI=1S/C11H16N4O2/c1-8(6-9-4-3-5-16-9)13-11-15-14-10(17-11)7-12-2/h3-5,8,12H,6-7H2,1-2H3,(H,13,15). The zero-order valence-corrected chi connectivity index (χ0v) is 9.93. The van der Waals surface area contributed by atoms with Crippen LogP contribution in [-0.2, 0) is 13.0 Å². The van der Waals surface area contributed by atoms with Crippen LogP contribution in [-0.4, -0.2) is 23.3 Å². The zero-order chi connectivity index (χ0) is 12.1. The highest BCUT2D eigenvalue weighted by Gasteiger charge is 2.10. The molecule has 17 heavy (non-hydrogen) atoms. The second-order valence-corrected chi connectivity index (χ2v) is 3.86. The van der Waals surface area contributed by atoms with Gasteiger partial charge in [-0.3, -0.25) is 0 Å². The molecule has 0 spiro atoms. The lowest BCUT2D eigenvalue weighted by atomic mass is 10.2. The van der Waals surface area contributed by atoms with Crippen LogP contribution < -0.4 is 10.6 Å². The molecule has 2 rings (SSSR count). The smallest absolute Gasteiger partial charge is 0.315 e. The minimum Gasteiger partial charge on any atom is -0.469 e. The Hall–Kier alpha value is -1.82. The number of hydrogen-bond acceptors (Lipinski definition) is 6. The normalized spacial score (nSPS) is 12.6. The van der Waals surface area contributed by atoms with Crippen molar-refractivity contribution in [3.05, 3.63) is 30.0 Å². The van der Waals surface area contributed by atoms with E-state index in [1.54, 1.807) is 6.26 Å². The maximum atomic E-state index is 5.39. The first-order valence-corrected chi connectivity index (χ1v) is 5.54. The van der Waals surface area contributed by atoms with E-state index in [4.69, 9.17) is 8.83 Å². The third-order valence-corrected chi connectivity index (χ3v) is 2.25. The zero-order valence-electron chi connectivity index (χ0n) is 9.93. The molecule has 0 aliphatic carbocycles. The summed E-state index contributed by atoms with van der Waals surface area (Å²) in [5, 5.41) is 13.9. The highest BCUT2D eigenvalue weighted by molar-refractivity contribution is 5.20. The molecule has 0 bridgehead atoms. The van der Waals surface area contributed by atoms with E-state index in [9.17, 15) is 0 Å². The van der Waals surface area contributed by atoms with Crippen LogP contribution in [0.3, 0.4) is 0 Å². The summed E-state index contributed by atoms with van der Waals surface area (Å²) >= 11 is 0. The molecular weight excluding hydrogens is 220 g/mol. The van der Waals surface area contributed by atoms with Crippen LogP contribution in [0.4, 0.5) is 6.01 Å². The van der Waals surface area contributed by atoms with Gasteiger partial charge >= 0.3 is 6.01 Å². The third-order valence-electron chi connectivity index (χ3n) is 2.25. The summed E-state index contributed by atoms with van der Waals surface area (Å²) in [5.74, 6) is 1.50. The SMILES string of the molecule is CNCc1nnc(NC(C)Cc2ccco2)o1. The van der Waals surface area contributed by atoms with Crippen molar-refractivity contribution >= 4 is 6.01 Å². The third kappa shape index (κ3) is 3.32. The van der Waals surface area contributed by atoms with E-state index in [-0.39, 0.29) is 6.04 Å². The van der Waals surface area contributed by atoms with Crippen molar-refractivity contribution in [3.63, 3.8) is 0 Å². The molecule has 1 unspecified atom stereocenters. The van der Waals surface area contributed by atoms with Gasteiger partial charge in [-0.2, -0.15) is 0 Å². The van der Waals surface area contributed by atoms with E-state index in [0.29, 0.717) is 18.5 Å². The van der Waals surface area contributed by atoms with Crippen molar-refractivity contribution in [3.8, 4) is 0 Å². The van der Waals surface area contributed by atoms with Crippen LogP contribution in [0.1, 0.15) is 18.6 Å². The molecule has 0 amide bonds. The minimum atomic E-state index is 0.170. The Labute approximate surface area is 99.4 Å². The summed E-state index contributed by atoms with van der Waals surface area (Å²) in [6, 6.07) is 4.43. The molecule has 2 aromatic rings. The van der Waals surface area contributed by atoms with Crippen molar-refractivity contribution in [2.24, 2.45) is 0 Å². The number of aromatic nitrogens is 2. The molecule has 0 aliphatic heterocycles. The van der Waals surface area contributed by atoms with Gasteiger partial charge in [0.05, 0.1) is 12.8 Å². The second-order valence-electron chi connectivity index (χ2n) is 3.86. The topological polar surface area (TPSA) is 76.1 Å². The summed E-state index contributed by atoms with van der Waals surface area (Å²) in [4.78, 5) is 0. The molecule has 0 radical (unpaired) electrons. The summed E-state index contributed by atoms with van der Waals surface area (Å²) in [7, 11) is 1.83. The first kappa shape index (κ1) is 11.7. The number of nitrogens with one attached hydrogen (secondary N) is 2. The molecular formula is C11H16N4O2. The van der Waals surface area contributed by atoms with Gasteiger partial charge in [0.15, 0.2) is 0 Å². The fraction of sp³-hybridized carbons (Fsp3) is 0.455. The van der Waals surface area contributed by atoms with Crippen molar-refractivity contribution < 1.29 is 8.83 Å². The number of hydrogen-bond donors (Lipinski definition) is 2. The van der Waals surface area contributed by atoms with E-state index in [2.05, 4.69) is 20.8 Å². The number of nitrogens with zero attached hydrogens (tertiary/aromatic N) is 2. The lowest BCUT2D eigenvalue weighted by Crippen LogP contribution is -2.17. The highest BCUT2D eigenvalue weighted by atomic mass is 16.4. The van der Waals surface area contributed by atoms with Crippen LogP contribution in [0.2, 0.25) is 0 Å². The minimum absolute atomic E-state index is 0.170. The van der Waals surface area contributed by atoms with Gasteiger partial charge in [-0.25, -0.2) is 0 Å². The molecule has 0 aromatic carbocycles. The summed E-state index contributed by atoms with van der Waals surface area (Å²) in [6.45, 7) is 2.60. The Morgan fingerprint density at radius 3 is 3.00 bits per heavy atom. The Bertz CT molecular complexity index is 438. The van der Waals surface area contributed by atoms with Crippen LogP contribution >= 0.6 is 0 Å². The van der Waals surface area contributed by atoms with Crippen LogP contribution in [0, 0.1) is 0 Å². The second kappa shape index (κ2) is 5.49. The van der Waals surface area contributed by atoms with Crippen molar-refractivity contribution in [1.82, 2.24) is 15.5 Å². The molecule has 0 fully saturated rings. The van der Waals surface area contributed by atoms with Crippen molar-refractivity contribution in [2.75, 3.05) is 12.4 Å². The van der Waals surface area contributed by atoms with E-state index in [1.165, 1.54) is 0 Å². The molecule has 0 saturated carbocycles. The van der Waals surface area contributed by atoms with Gasteiger partial charge in [-0.15, -0.1) is 5.10 Å². The first-order chi connectivity index (χ1) is 8.28. The molecule has 6 heteroatoms. The molecule has 0 saturated heterocycles. The quantitative estimate of drug-likeness (QED) is 0.790. The van der Waals surface area contributed by atoms with Gasteiger partial charge in [0.1, 0.15) is 5.76 Å². The van der Waals surface area contributed by atoms with Gasteiger partial charge in [0, 0.05) is 12.5 Å². The average molecular weight is 236 g/mol. The first-order valence-electron chi connectivity index (χ1n) is 5.54. The van der Waals surface area contributed by atoms with E-state index in [0.717, 1.165) is 12.2 Å². The van der Waals surface area contributed by atoms with Gasteiger partial charge in [-0.1, -0.05) is 5.10 Å². The van der Waals surface area contributed by atoms with Crippen LogP contribution in [0.25, 0.3) is 0 Å². The van der Waals surface area contributed by atoms with Crippen LogP contribution in [0.15, 0.2) is 27.2 Å². The maximum Gasteiger partial charge on any atom is 0.315 e. The molecule has 92 valence electrons. The molecule has 0 aliphatic rings. The van der Waals surface area contributed by atoms with Gasteiger partial charge in [-0.05, 0) is 26.1 Å². The predicted octanol–water partition coefficient (Wildman–Crippen LogP) is 1.43. The Kier molecular flexibility index (Phi) is 3.77. The predicted molar refractivity (Wildman–Crippen MR) is 62.6 cm³/mol. The summed E-state index contributed by atoms with van der Waals surface area (Å²) in [5.41, 5.74) is 0. The number of anilines is 1. The van der Waals surface area contributed by atoms with Gasteiger partial charge < -0.3 is 19.5 Å². The molecule has 2 heterocycles. The Morgan fingerprint density at radius 2 is 2.29 bits per heavy atom. The number of rotatable bonds is 6. The van der Waals surface area contributed by atoms with E-state index < -0.39 is 0 Å². The van der Waals surface area contributed by atoms with E-state index >= 15 is 0 Å². The lowest BCUT2D eigenvalue weighted by Gasteiger charge is -2.09. The average Bonchev–Trinajstić information content (AvgIpc) is 2.91. The Balaban J connectivity index is 1.86. The summed E-state index contributed by atoms with van der Waals surface area (Å²) in [6.07, 6.45) is 2.44. The van der Waals surface area contributed by atoms with Crippen molar-refractivity contribution in [1.29, 1.82) is 0 Å². The largest absolute Gasteiger partial charge is 0.469 e. The molecule has 2 N–H and O–H groups in total. The summed E-state index contributed by atoms with van der Waals surface area (Å²) < 4.78 is 10.7. The maximum absolute atomic E-state index is 5.39.